The van der Waals surface area contributed by atoms with E-state index in [0.717, 1.165) is 34.3 Å². The fraction of sp³-hybridized carbons (Fsp3) is 0.385. The molecule has 0 aromatic heterocycles. The molecule has 0 spiro atoms. The van der Waals surface area contributed by atoms with Gasteiger partial charge in [0.25, 0.3) is 0 Å². The molecular formula is C26H28N2O8. The van der Waals surface area contributed by atoms with Gasteiger partial charge in [0, 0.05) is 12.3 Å². The number of ether oxygens (including phenoxy) is 3. The molecule has 2 amide bonds. The molecular weight excluding hydrogens is 468 g/mol. The topological polar surface area (TPSA) is 131 Å². The van der Waals surface area contributed by atoms with Crippen LogP contribution in [0.2, 0.25) is 0 Å². The lowest BCUT2D eigenvalue weighted by molar-refractivity contribution is -0.152. The Balaban J connectivity index is 1.40. The first kappa shape index (κ1) is 25.2. The van der Waals surface area contributed by atoms with Crippen molar-refractivity contribution in [1.29, 1.82) is 0 Å². The number of carbonyl (C=O) groups excluding carboxylic acids is 4. The zero-order chi connectivity index (χ0) is 25.8. The van der Waals surface area contributed by atoms with Gasteiger partial charge in [0.1, 0.15) is 24.8 Å². The average Bonchev–Trinajstić information content (AvgIpc) is 3.36. The third-order valence-electron chi connectivity index (χ3n) is 6.63. The normalized spacial score (nSPS) is 19.3. The highest BCUT2D eigenvalue weighted by Gasteiger charge is 2.46. The van der Waals surface area contributed by atoms with Crippen LogP contribution < -0.4 is 5.32 Å². The molecule has 36 heavy (non-hydrogen) atoms. The van der Waals surface area contributed by atoms with Crippen molar-refractivity contribution in [2.45, 2.75) is 36.9 Å². The first-order valence-electron chi connectivity index (χ1n) is 11.6. The predicted octanol–water partition coefficient (Wildman–Crippen LogP) is 1.59. The highest BCUT2D eigenvalue weighted by molar-refractivity contribution is 5.92. The summed E-state index contributed by atoms with van der Waals surface area (Å²) in [6.45, 7) is -0.168. The Labute approximate surface area is 208 Å². The van der Waals surface area contributed by atoms with Gasteiger partial charge in [0.15, 0.2) is 0 Å². The van der Waals surface area contributed by atoms with Crippen molar-refractivity contribution < 1.29 is 38.5 Å². The van der Waals surface area contributed by atoms with Crippen LogP contribution in [0.1, 0.15) is 29.9 Å². The van der Waals surface area contributed by atoms with Gasteiger partial charge in [-0.05, 0) is 28.7 Å². The smallest absolute Gasteiger partial charge is 0.407 e. The maximum atomic E-state index is 13.0. The Kier molecular flexibility index (Phi) is 7.54. The second-order valence-electron chi connectivity index (χ2n) is 8.66. The number of hydrogen-bond acceptors (Lipinski definition) is 8. The molecule has 0 radical (unpaired) electrons. The van der Waals surface area contributed by atoms with Crippen LogP contribution in [0, 0.1) is 0 Å². The predicted molar refractivity (Wildman–Crippen MR) is 127 cm³/mol. The first-order valence-corrected chi connectivity index (χ1v) is 11.6. The number of nitrogens with one attached hydrogen (secondary N) is 1. The summed E-state index contributed by atoms with van der Waals surface area (Å²) >= 11 is 0. The van der Waals surface area contributed by atoms with Gasteiger partial charge in [-0.15, -0.1) is 0 Å². The molecule has 1 heterocycles. The maximum absolute atomic E-state index is 13.0. The molecule has 4 rings (SSSR count). The molecule has 0 saturated carbocycles. The number of benzene rings is 2. The number of hydrogen-bond donors (Lipinski definition) is 2. The number of amides is 2. The van der Waals surface area contributed by atoms with Gasteiger partial charge in [-0.3, -0.25) is 9.59 Å². The molecule has 1 fully saturated rings. The Morgan fingerprint density at radius 1 is 1.03 bits per heavy atom. The Hall–Kier alpha value is -3.92. The molecule has 1 saturated heterocycles. The summed E-state index contributed by atoms with van der Waals surface area (Å²) in [7, 11) is 2.38. The molecule has 190 valence electrons. The summed E-state index contributed by atoms with van der Waals surface area (Å²) in [4.78, 5) is 50.5. The lowest BCUT2D eigenvalue weighted by Crippen LogP contribution is -2.49. The van der Waals surface area contributed by atoms with Crippen LogP contribution in [-0.4, -0.2) is 79.5 Å². The molecule has 10 heteroatoms. The van der Waals surface area contributed by atoms with Crippen LogP contribution in [0.5, 0.6) is 0 Å². The van der Waals surface area contributed by atoms with E-state index in [2.05, 4.69) is 10.1 Å². The average molecular weight is 497 g/mol. The molecule has 1 aliphatic carbocycles. The molecule has 0 unspecified atom stereocenters. The van der Waals surface area contributed by atoms with Crippen LogP contribution in [0.15, 0.2) is 48.5 Å². The van der Waals surface area contributed by atoms with Crippen LogP contribution in [0.4, 0.5) is 4.79 Å². The van der Waals surface area contributed by atoms with Crippen LogP contribution in [-0.2, 0) is 28.6 Å². The number of aliphatic hydroxyl groups is 1. The number of fused-ring (bicyclic) bond motifs is 3. The lowest BCUT2D eigenvalue weighted by Gasteiger charge is -2.25. The van der Waals surface area contributed by atoms with Gasteiger partial charge in [-0.2, -0.15) is 0 Å². The summed E-state index contributed by atoms with van der Waals surface area (Å²) in [6.07, 6.45) is -2.31. The van der Waals surface area contributed by atoms with Crippen molar-refractivity contribution >= 4 is 23.9 Å². The zero-order valence-corrected chi connectivity index (χ0v) is 20.0. The van der Waals surface area contributed by atoms with Gasteiger partial charge in [-0.25, -0.2) is 9.59 Å². The quantitative estimate of drug-likeness (QED) is 0.416. The van der Waals surface area contributed by atoms with Crippen molar-refractivity contribution in [2.24, 2.45) is 0 Å². The number of likely N-dealkylation sites (tertiary alicyclic amines) is 1. The van der Waals surface area contributed by atoms with Gasteiger partial charge >= 0.3 is 18.0 Å². The molecule has 3 atom stereocenters. The molecule has 0 bridgehead atoms. The molecule has 1 aliphatic heterocycles. The minimum Gasteiger partial charge on any atom is -0.469 e. The number of alkyl carbamates (subject to hydrolysis) is 1. The minimum atomic E-state index is -1.30. The Bertz CT molecular complexity index is 1120. The fourth-order valence-corrected chi connectivity index (χ4v) is 4.84. The van der Waals surface area contributed by atoms with Crippen molar-refractivity contribution in [1.82, 2.24) is 10.2 Å². The fourth-order valence-electron chi connectivity index (χ4n) is 4.84. The highest BCUT2D eigenvalue weighted by atomic mass is 16.5. The number of nitrogens with zero attached hydrogens (tertiary/aromatic N) is 1. The molecule has 2 aliphatic rings. The number of esters is 2. The van der Waals surface area contributed by atoms with Crippen molar-refractivity contribution in [2.75, 3.05) is 27.4 Å². The van der Waals surface area contributed by atoms with Gasteiger partial charge in [0.05, 0.1) is 20.8 Å². The third kappa shape index (κ3) is 4.90. The summed E-state index contributed by atoms with van der Waals surface area (Å²) in [6, 6.07) is 13.4. The van der Waals surface area contributed by atoms with E-state index in [0.29, 0.717) is 0 Å². The number of β-amino-alcohol motifs (C(OH)–C–C–N with tert-alkyl or cyclic N) is 1. The van der Waals surface area contributed by atoms with Crippen LogP contribution in [0.3, 0.4) is 0 Å². The van der Waals surface area contributed by atoms with Crippen molar-refractivity contribution in [3.05, 3.63) is 59.7 Å². The SMILES string of the molecule is COC(=O)CC[C@@H](C(=O)OC)N1C[C@@H](O)[C@H](NC(=O)OCC2c3ccccc3-c3ccccc32)C1=O. The van der Waals surface area contributed by atoms with E-state index >= 15 is 0 Å². The van der Waals surface area contributed by atoms with Gasteiger partial charge < -0.3 is 29.5 Å². The second-order valence-corrected chi connectivity index (χ2v) is 8.66. The summed E-state index contributed by atoms with van der Waals surface area (Å²) < 4.78 is 14.8. The van der Waals surface area contributed by atoms with E-state index in [1.54, 1.807) is 0 Å². The van der Waals surface area contributed by atoms with Crippen LogP contribution >= 0.6 is 0 Å². The Morgan fingerprint density at radius 2 is 1.64 bits per heavy atom. The minimum absolute atomic E-state index is 0.0461. The highest BCUT2D eigenvalue weighted by Crippen LogP contribution is 2.44. The molecule has 2 aromatic carbocycles. The van der Waals surface area contributed by atoms with Crippen molar-refractivity contribution in [3.63, 3.8) is 0 Å². The number of methoxy groups -OCH3 is 2. The summed E-state index contributed by atoms with van der Waals surface area (Å²) in [5.74, 6) is -2.12. The number of rotatable bonds is 8. The molecule has 2 aromatic rings. The third-order valence-corrected chi connectivity index (χ3v) is 6.63. The Morgan fingerprint density at radius 3 is 2.22 bits per heavy atom. The summed E-state index contributed by atoms with van der Waals surface area (Å²) in [5, 5.41) is 12.9. The standard InChI is InChI=1S/C26H28N2O8/c1-34-22(30)12-11-20(25(32)35-2)28-13-21(29)23(24(28)31)27-26(33)36-14-19-17-9-5-3-7-15(17)16-8-4-6-10-18(16)19/h3-10,19-21,23,29H,11-14H2,1-2H3,(H,27,33)/t20-,21+,23-/m0/s1. The van der Waals surface area contributed by atoms with E-state index in [-0.39, 0.29) is 31.9 Å². The second kappa shape index (κ2) is 10.8. The van der Waals surface area contributed by atoms with Gasteiger partial charge in [0.2, 0.25) is 5.91 Å². The molecule has 2 N–H and O–H groups in total. The maximum Gasteiger partial charge on any atom is 0.407 e. The van der Waals surface area contributed by atoms with Crippen LogP contribution in [0.25, 0.3) is 11.1 Å². The van der Waals surface area contributed by atoms with Crippen molar-refractivity contribution in [3.8, 4) is 11.1 Å². The van der Waals surface area contributed by atoms with E-state index < -0.39 is 42.1 Å². The molecule has 10 nitrogen and oxygen atoms in total. The number of aliphatic hydroxyl groups excluding tert-OH is 1. The van der Waals surface area contributed by atoms with E-state index in [9.17, 15) is 24.3 Å². The monoisotopic (exact) mass is 496 g/mol. The zero-order valence-electron chi connectivity index (χ0n) is 20.0. The first-order chi connectivity index (χ1) is 17.3. The van der Waals surface area contributed by atoms with E-state index in [1.807, 2.05) is 48.5 Å². The number of carbonyl (C=O) groups is 4. The van der Waals surface area contributed by atoms with Gasteiger partial charge in [-0.1, -0.05) is 48.5 Å². The van der Waals surface area contributed by atoms with E-state index in [1.165, 1.54) is 7.11 Å². The van der Waals surface area contributed by atoms with E-state index in [4.69, 9.17) is 9.47 Å². The largest absolute Gasteiger partial charge is 0.469 e. The lowest BCUT2D eigenvalue weighted by atomic mass is 9.98. The summed E-state index contributed by atoms with van der Waals surface area (Å²) in [5.41, 5.74) is 4.25.